The van der Waals surface area contributed by atoms with E-state index in [2.05, 4.69) is 40.6 Å². The van der Waals surface area contributed by atoms with Gasteiger partial charge in [-0.3, -0.25) is 9.78 Å². The van der Waals surface area contributed by atoms with E-state index in [0.29, 0.717) is 18.0 Å². The smallest absolute Gasteiger partial charge is 0.251 e. The molecule has 1 aromatic carbocycles. The van der Waals surface area contributed by atoms with Crippen molar-refractivity contribution >= 4 is 5.91 Å². The van der Waals surface area contributed by atoms with Crippen molar-refractivity contribution in [3.63, 3.8) is 0 Å². The minimum absolute atomic E-state index is 0.0229. The van der Waals surface area contributed by atoms with Gasteiger partial charge in [-0.05, 0) is 49.3 Å². The first-order chi connectivity index (χ1) is 11.3. The Bertz CT molecular complexity index is 649. The van der Waals surface area contributed by atoms with E-state index >= 15 is 0 Å². The minimum atomic E-state index is -0.0229. The second-order valence-corrected chi connectivity index (χ2v) is 6.17. The number of hydrogen-bond donors (Lipinski definition) is 2. The third-order valence-corrected chi connectivity index (χ3v) is 4.62. The molecular formula is C19H23N3O. The number of aromatic nitrogens is 1. The fraction of sp³-hybridized carbons (Fsp3) is 0.368. The molecule has 1 aliphatic rings. The molecule has 4 nitrogen and oxygen atoms in total. The van der Waals surface area contributed by atoms with Gasteiger partial charge in [0, 0.05) is 24.3 Å². The van der Waals surface area contributed by atoms with Crippen molar-refractivity contribution in [1.29, 1.82) is 0 Å². The highest BCUT2D eigenvalue weighted by atomic mass is 16.1. The van der Waals surface area contributed by atoms with E-state index in [-0.39, 0.29) is 11.9 Å². The number of carbonyl (C=O) groups is 1. The highest BCUT2D eigenvalue weighted by Crippen LogP contribution is 2.32. The van der Waals surface area contributed by atoms with E-state index in [4.69, 9.17) is 5.73 Å². The number of benzene rings is 1. The van der Waals surface area contributed by atoms with Crippen LogP contribution in [0.2, 0.25) is 0 Å². The molecule has 0 spiro atoms. The maximum atomic E-state index is 12.4. The third-order valence-electron chi connectivity index (χ3n) is 4.62. The quantitative estimate of drug-likeness (QED) is 0.912. The second-order valence-electron chi connectivity index (χ2n) is 6.17. The lowest BCUT2D eigenvalue weighted by molar-refractivity contribution is 0.0925. The number of rotatable bonds is 4. The van der Waals surface area contributed by atoms with Crippen LogP contribution in [0.5, 0.6) is 0 Å². The van der Waals surface area contributed by atoms with E-state index in [0.717, 1.165) is 31.4 Å². The molecule has 1 aromatic heterocycles. The lowest BCUT2D eigenvalue weighted by atomic mass is 9.82. The molecule has 1 aliphatic carbocycles. The van der Waals surface area contributed by atoms with E-state index in [1.807, 2.05) is 0 Å². The van der Waals surface area contributed by atoms with Crippen molar-refractivity contribution in [3.05, 3.63) is 65.5 Å². The van der Waals surface area contributed by atoms with Gasteiger partial charge in [0.25, 0.3) is 5.91 Å². The van der Waals surface area contributed by atoms with Crippen LogP contribution in [0.3, 0.4) is 0 Å². The number of pyridine rings is 1. The van der Waals surface area contributed by atoms with Gasteiger partial charge in [-0.25, -0.2) is 0 Å². The van der Waals surface area contributed by atoms with Crippen LogP contribution in [0.1, 0.15) is 53.2 Å². The molecule has 1 heterocycles. The second kappa shape index (κ2) is 7.38. The average molecular weight is 309 g/mol. The summed E-state index contributed by atoms with van der Waals surface area (Å²) in [6.07, 6.45) is 5.95. The maximum absolute atomic E-state index is 12.4. The van der Waals surface area contributed by atoms with E-state index in [9.17, 15) is 4.79 Å². The fourth-order valence-electron chi connectivity index (χ4n) is 3.30. The molecule has 0 unspecified atom stereocenters. The number of hydrogen-bond acceptors (Lipinski definition) is 3. The Hall–Kier alpha value is -2.20. The largest absolute Gasteiger partial charge is 0.349 e. The Kier molecular flexibility index (Phi) is 5.03. The van der Waals surface area contributed by atoms with E-state index in [1.54, 1.807) is 18.3 Å². The molecule has 3 N–H and O–H groups in total. The Balaban J connectivity index is 1.55. The van der Waals surface area contributed by atoms with Gasteiger partial charge in [-0.15, -0.1) is 0 Å². The molecule has 0 atom stereocenters. The zero-order valence-corrected chi connectivity index (χ0v) is 13.2. The first kappa shape index (κ1) is 15.7. The van der Waals surface area contributed by atoms with Gasteiger partial charge in [0.05, 0.1) is 5.69 Å². The lowest BCUT2D eigenvalue weighted by Crippen LogP contribution is -2.37. The minimum Gasteiger partial charge on any atom is -0.349 e. The summed E-state index contributed by atoms with van der Waals surface area (Å²) in [5, 5.41) is 3.15. The Labute approximate surface area is 137 Å². The van der Waals surface area contributed by atoms with E-state index < -0.39 is 0 Å². The lowest BCUT2D eigenvalue weighted by Gasteiger charge is -2.29. The molecule has 0 aliphatic heterocycles. The van der Waals surface area contributed by atoms with Crippen molar-refractivity contribution in [2.75, 3.05) is 0 Å². The summed E-state index contributed by atoms with van der Waals surface area (Å²) in [6.45, 7) is 0.351. The Morgan fingerprint density at radius 2 is 1.87 bits per heavy atom. The summed E-state index contributed by atoms with van der Waals surface area (Å²) < 4.78 is 0. The standard InChI is InChI=1S/C19H23N3O/c20-13-18-12-16(10-11-21-18)19(23)22-17-8-6-15(7-9-17)14-4-2-1-3-5-14/h1-5,10-12,15,17H,6-9,13,20H2,(H,22,23). The van der Waals surface area contributed by atoms with Crippen LogP contribution in [-0.2, 0) is 6.54 Å². The third kappa shape index (κ3) is 3.96. The van der Waals surface area contributed by atoms with Gasteiger partial charge in [-0.2, -0.15) is 0 Å². The molecule has 23 heavy (non-hydrogen) atoms. The number of nitrogens with zero attached hydrogens (tertiary/aromatic N) is 1. The fourth-order valence-corrected chi connectivity index (χ4v) is 3.30. The highest BCUT2D eigenvalue weighted by Gasteiger charge is 2.23. The number of nitrogens with two attached hydrogens (primary N) is 1. The molecule has 3 rings (SSSR count). The topological polar surface area (TPSA) is 68.0 Å². The zero-order chi connectivity index (χ0) is 16.1. The van der Waals surface area contributed by atoms with Crippen LogP contribution in [-0.4, -0.2) is 16.9 Å². The summed E-state index contributed by atoms with van der Waals surface area (Å²) in [5.74, 6) is 0.597. The summed E-state index contributed by atoms with van der Waals surface area (Å²) >= 11 is 0. The van der Waals surface area contributed by atoms with Crippen molar-refractivity contribution in [1.82, 2.24) is 10.3 Å². The molecule has 1 fully saturated rings. The van der Waals surface area contributed by atoms with Crippen LogP contribution in [0.25, 0.3) is 0 Å². The van der Waals surface area contributed by atoms with Crippen LogP contribution < -0.4 is 11.1 Å². The Morgan fingerprint density at radius 1 is 1.13 bits per heavy atom. The molecule has 0 bridgehead atoms. The monoisotopic (exact) mass is 309 g/mol. The van der Waals surface area contributed by atoms with Crippen molar-refractivity contribution in [3.8, 4) is 0 Å². The maximum Gasteiger partial charge on any atom is 0.251 e. The molecule has 4 heteroatoms. The van der Waals surface area contributed by atoms with Gasteiger partial charge in [0.2, 0.25) is 0 Å². The van der Waals surface area contributed by atoms with Crippen LogP contribution in [0.4, 0.5) is 0 Å². The van der Waals surface area contributed by atoms with Crippen LogP contribution in [0.15, 0.2) is 48.7 Å². The zero-order valence-electron chi connectivity index (χ0n) is 13.2. The SMILES string of the molecule is NCc1cc(C(=O)NC2CCC(c3ccccc3)CC2)ccn1. The first-order valence-corrected chi connectivity index (χ1v) is 8.27. The van der Waals surface area contributed by atoms with Crippen LogP contribution in [0, 0.1) is 0 Å². The summed E-state index contributed by atoms with van der Waals surface area (Å²) in [5.41, 5.74) is 8.38. The van der Waals surface area contributed by atoms with Crippen molar-refractivity contribution in [2.45, 2.75) is 44.2 Å². The molecule has 1 saturated carbocycles. The molecule has 2 aromatic rings. The summed E-state index contributed by atoms with van der Waals surface area (Å²) in [4.78, 5) is 16.5. The molecule has 1 amide bonds. The van der Waals surface area contributed by atoms with Gasteiger partial charge in [0.15, 0.2) is 0 Å². The molecular weight excluding hydrogens is 286 g/mol. The van der Waals surface area contributed by atoms with Crippen molar-refractivity contribution < 1.29 is 4.79 Å². The number of nitrogens with one attached hydrogen (secondary N) is 1. The van der Waals surface area contributed by atoms with Gasteiger partial charge < -0.3 is 11.1 Å². The van der Waals surface area contributed by atoms with Gasteiger partial charge in [-0.1, -0.05) is 30.3 Å². The first-order valence-electron chi connectivity index (χ1n) is 8.27. The van der Waals surface area contributed by atoms with Crippen molar-refractivity contribution in [2.24, 2.45) is 5.73 Å². The van der Waals surface area contributed by atoms with Gasteiger partial charge >= 0.3 is 0 Å². The van der Waals surface area contributed by atoms with Crippen LogP contribution >= 0.6 is 0 Å². The molecule has 120 valence electrons. The summed E-state index contributed by atoms with van der Waals surface area (Å²) in [7, 11) is 0. The normalized spacial score (nSPS) is 20.9. The average Bonchev–Trinajstić information content (AvgIpc) is 2.63. The predicted octanol–water partition coefficient (Wildman–Crippen LogP) is 3.00. The number of carbonyl (C=O) groups excluding carboxylic acids is 1. The van der Waals surface area contributed by atoms with E-state index in [1.165, 1.54) is 5.56 Å². The van der Waals surface area contributed by atoms with Gasteiger partial charge in [0.1, 0.15) is 0 Å². The Morgan fingerprint density at radius 3 is 2.57 bits per heavy atom. The predicted molar refractivity (Wildman–Crippen MR) is 91.0 cm³/mol. The number of amides is 1. The molecule has 0 radical (unpaired) electrons. The molecule has 0 saturated heterocycles. The summed E-state index contributed by atoms with van der Waals surface area (Å²) in [6, 6.07) is 14.4. The highest BCUT2D eigenvalue weighted by molar-refractivity contribution is 5.94.